The van der Waals surface area contributed by atoms with Gasteiger partial charge in [0.15, 0.2) is 12.2 Å². The van der Waals surface area contributed by atoms with Gasteiger partial charge in [-0.25, -0.2) is 9.13 Å². The molecule has 0 aromatic heterocycles. The molecule has 5 atom stereocenters. The third-order valence-electron chi connectivity index (χ3n) is 18.6. The molecule has 0 aliphatic heterocycles. The number of phosphoric ester groups is 2. The van der Waals surface area contributed by atoms with E-state index in [0.29, 0.717) is 31.6 Å². The van der Waals surface area contributed by atoms with Gasteiger partial charge in [0.2, 0.25) is 0 Å². The summed E-state index contributed by atoms with van der Waals surface area (Å²) in [6.45, 7) is 11.9. The molecule has 0 aliphatic rings. The third-order valence-corrected chi connectivity index (χ3v) is 20.5. The number of unbranched alkanes of at least 4 members (excludes halogenated alkanes) is 46. The molecule has 0 aromatic carbocycles. The zero-order valence-corrected chi connectivity index (χ0v) is 66.8. The van der Waals surface area contributed by atoms with Crippen LogP contribution in [0.1, 0.15) is 414 Å². The van der Waals surface area contributed by atoms with Crippen molar-refractivity contribution in [3.63, 3.8) is 0 Å². The van der Waals surface area contributed by atoms with Crippen molar-refractivity contribution in [2.45, 2.75) is 433 Å². The van der Waals surface area contributed by atoms with Gasteiger partial charge in [0, 0.05) is 25.7 Å². The van der Waals surface area contributed by atoms with Crippen LogP contribution in [0.3, 0.4) is 0 Å². The zero-order valence-electron chi connectivity index (χ0n) is 65.0. The summed E-state index contributed by atoms with van der Waals surface area (Å²) >= 11 is 0. The minimum absolute atomic E-state index is 0.107. The topological polar surface area (TPSA) is 237 Å². The Morgan fingerprint density at radius 1 is 0.273 bits per heavy atom. The SMILES string of the molecule is CCCCCCCCCCCCCCCC(=O)O[C@H](COC(=O)CCCCCCCCCC(C)C)COP(=O)(O)OC[C@H](O)COP(=O)(O)OC[C@@H](COC(=O)CCCCCCCCCCCCCCC(C)C)OC(=O)CCCCCCCCCCCCCCCCCCCCC(C)C. The fourth-order valence-electron chi connectivity index (χ4n) is 12.3. The zero-order chi connectivity index (χ0) is 73.0. The van der Waals surface area contributed by atoms with E-state index in [4.69, 9.17) is 37.0 Å². The van der Waals surface area contributed by atoms with Crippen LogP contribution in [0.5, 0.6) is 0 Å². The van der Waals surface area contributed by atoms with Crippen molar-refractivity contribution in [3.05, 3.63) is 0 Å². The van der Waals surface area contributed by atoms with E-state index < -0.39 is 97.5 Å². The molecule has 0 saturated heterocycles. The Bertz CT molecular complexity index is 1920. The van der Waals surface area contributed by atoms with Crippen LogP contribution in [0.15, 0.2) is 0 Å². The van der Waals surface area contributed by atoms with E-state index in [-0.39, 0.29) is 25.7 Å². The first-order chi connectivity index (χ1) is 47.7. The van der Waals surface area contributed by atoms with Gasteiger partial charge in [-0.1, -0.05) is 363 Å². The minimum atomic E-state index is -4.96. The predicted octanol–water partition coefficient (Wildman–Crippen LogP) is 23.7. The second-order valence-corrected chi connectivity index (χ2v) is 33.1. The Morgan fingerprint density at radius 3 is 0.687 bits per heavy atom. The molecule has 19 heteroatoms. The van der Waals surface area contributed by atoms with E-state index >= 15 is 0 Å². The number of aliphatic hydroxyl groups excluding tert-OH is 1. The Labute approximate surface area is 607 Å². The van der Waals surface area contributed by atoms with Crippen molar-refractivity contribution < 1.29 is 80.2 Å². The van der Waals surface area contributed by atoms with E-state index in [9.17, 15) is 43.2 Å². The molecule has 0 saturated carbocycles. The lowest BCUT2D eigenvalue weighted by Gasteiger charge is -2.21. The highest BCUT2D eigenvalue weighted by atomic mass is 31.2. The van der Waals surface area contributed by atoms with Crippen LogP contribution >= 0.6 is 15.6 Å². The number of hydrogen-bond acceptors (Lipinski definition) is 15. The van der Waals surface area contributed by atoms with Crippen LogP contribution in [-0.4, -0.2) is 96.7 Å². The molecule has 0 spiro atoms. The molecule has 2 unspecified atom stereocenters. The Balaban J connectivity index is 5.22. The highest BCUT2D eigenvalue weighted by Gasteiger charge is 2.30. The lowest BCUT2D eigenvalue weighted by molar-refractivity contribution is -0.161. The summed E-state index contributed by atoms with van der Waals surface area (Å²) in [4.78, 5) is 72.9. The molecule has 3 N–H and O–H groups in total. The van der Waals surface area contributed by atoms with Gasteiger partial charge in [-0.05, 0) is 43.4 Å². The maximum atomic E-state index is 13.1. The average molecular weight is 1450 g/mol. The predicted molar refractivity (Wildman–Crippen MR) is 405 cm³/mol. The van der Waals surface area contributed by atoms with Crippen LogP contribution in [0.2, 0.25) is 0 Å². The molecule has 0 fully saturated rings. The van der Waals surface area contributed by atoms with E-state index in [1.165, 1.54) is 218 Å². The molecule has 17 nitrogen and oxygen atoms in total. The molecule has 0 heterocycles. The summed E-state index contributed by atoms with van der Waals surface area (Å²) in [7, 11) is -9.92. The molecule has 588 valence electrons. The van der Waals surface area contributed by atoms with Crippen molar-refractivity contribution in [2.75, 3.05) is 39.6 Å². The lowest BCUT2D eigenvalue weighted by Crippen LogP contribution is -2.30. The number of carbonyl (C=O) groups excluding carboxylic acids is 4. The summed E-state index contributed by atoms with van der Waals surface area (Å²) in [5.41, 5.74) is 0. The molecule has 0 aliphatic carbocycles. The van der Waals surface area contributed by atoms with Crippen LogP contribution in [-0.2, 0) is 65.4 Å². The fourth-order valence-corrected chi connectivity index (χ4v) is 13.9. The first kappa shape index (κ1) is 97.1. The van der Waals surface area contributed by atoms with Crippen LogP contribution in [0.25, 0.3) is 0 Å². The fraction of sp³-hybridized carbons (Fsp3) is 0.950. The molecule has 0 bridgehead atoms. The van der Waals surface area contributed by atoms with E-state index in [0.717, 1.165) is 108 Å². The molecule has 0 amide bonds. The smallest absolute Gasteiger partial charge is 0.462 e. The van der Waals surface area contributed by atoms with Gasteiger partial charge in [0.25, 0.3) is 0 Å². The summed E-state index contributed by atoms with van der Waals surface area (Å²) in [6.07, 6.45) is 58.3. The number of rotatable bonds is 78. The normalized spacial score (nSPS) is 14.0. The highest BCUT2D eigenvalue weighted by Crippen LogP contribution is 2.45. The van der Waals surface area contributed by atoms with Gasteiger partial charge in [-0.3, -0.25) is 37.3 Å². The van der Waals surface area contributed by atoms with Crippen molar-refractivity contribution in [1.82, 2.24) is 0 Å². The van der Waals surface area contributed by atoms with Gasteiger partial charge < -0.3 is 33.8 Å². The first-order valence-electron chi connectivity index (χ1n) is 41.3. The number of hydrogen-bond donors (Lipinski definition) is 3. The lowest BCUT2D eigenvalue weighted by atomic mass is 10.0. The number of aliphatic hydroxyl groups is 1. The van der Waals surface area contributed by atoms with Gasteiger partial charge in [-0.2, -0.15) is 0 Å². The van der Waals surface area contributed by atoms with Crippen molar-refractivity contribution in [2.24, 2.45) is 17.8 Å². The number of phosphoric acid groups is 2. The second kappa shape index (κ2) is 70.4. The third kappa shape index (κ3) is 74.1. The quantitative estimate of drug-likeness (QED) is 0.0222. The maximum absolute atomic E-state index is 13.1. The minimum Gasteiger partial charge on any atom is -0.462 e. The maximum Gasteiger partial charge on any atom is 0.472 e. The Hall–Kier alpha value is -1.94. The first-order valence-corrected chi connectivity index (χ1v) is 44.3. The molecule has 0 radical (unpaired) electrons. The van der Waals surface area contributed by atoms with Crippen LogP contribution < -0.4 is 0 Å². The van der Waals surface area contributed by atoms with Crippen molar-refractivity contribution >= 4 is 39.5 Å². The van der Waals surface area contributed by atoms with Crippen molar-refractivity contribution in [1.29, 1.82) is 0 Å². The summed E-state index contributed by atoms with van der Waals surface area (Å²) in [6, 6.07) is 0. The monoisotopic (exact) mass is 1450 g/mol. The average Bonchev–Trinajstić information content (AvgIpc) is 0.985. The second-order valence-electron chi connectivity index (χ2n) is 30.2. The summed E-state index contributed by atoms with van der Waals surface area (Å²) < 4.78 is 68.6. The standard InChI is InChI=1S/C80H156O17P2/c1-8-9-10-11-12-13-14-21-29-34-41-49-56-63-79(84)97-76(68-91-78(83)62-55-48-43-36-39-46-53-60-73(6)7)70-95-99(88,89)93-66-74(81)65-92-98(86,87)94-69-75(67-90-77(82)61-54-47-40-33-28-25-24-27-32-38-45-52-59-72(4)5)96-80(85)64-57-50-42-35-30-23-20-18-16-15-17-19-22-26-31-37-44-51-58-71(2)3/h71-76,81H,8-70H2,1-7H3,(H,86,87)(H,88,89)/t74-,75-,76-/m1/s1. The van der Waals surface area contributed by atoms with Crippen LogP contribution in [0.4, 0.5) is 0 Å². The molecule has 0 aromatic rings. The van der Waals surface area contributed by atoms with Crippen molar-refractivity contribution in [3.8, 4) is 0 Å². The van der Waals surface area contributed by atoms with Crippen LogP contribution in [0, 0.1) is 17.8 Å². The Kier molecular flexibility index (Phi) is 69.0. The summed E-state index contributed by atoms with van der Waals surface area (Å²) in [5.74, 6) is 0.195. The highest BCUT2D eigenvalue weighted by molar-refractivity contribution is 7.47. The molecule has 99 heavy (non-hydrogen) atoms. The molecular weight excluding hydrogens is 1290 g/mol. The number of esters is 4. The molecule has 0 rings (SSSR count). The van der Waals surface area contributed by atoms with Gasteiger partial charge in [0.05, 0.1) is 26.4 Å². The van der Waals surface area contributed by atoms with E-state index in [2.05, 4.69) is 48.5 Å². The van der Waals surface area contributed by atoms with Gasteiger partial charge in [-0.15, -0.1) is 0 Å². The Morgan fingerprint density at radius 2 is 0.465 bits per heavy atom. The molecular formula is C80H156O17P2. The van der Waals surface area contributed by atoms with Gasteiger partial charge >= 0.3 is 39.5 Å². The number of carbonyl (C=O) groups is 4. The number of ether oxygens (including phenoxy) is 4. The summed E-state index contributed by atoms with van der Waals surface area (Å²) in [5, 5.41) is 10.6. The van der Waals surface area contributed by atoms with Gasteiger partial charge in [0.1, 0.15) is 19.3 Å². The van der Waals surface area contributed by atoms with E-state index in [1.807, 2.05) is 0 Å². The van der Waals surface area contributed by atoms with E-state index in [1.54, 1.807) is 0 Å². The largest absolute Gasteiger partial charge is 0.472 e.